The molecule has 0 saturated carbocycles. The Kier molecular flexibility index (Phi) is 1.80. The smallest absolute Gasteiger partial charge is 0.0346 e. The van der Waals surface area contributed by atoms with Gasteiger partial charge < -0.3 is 0 Å². The lowest BCUT2D eigenvalue weighted by atomic mass is 10.0. The molecule has 0 atom stereocenters. The second kappa shape index (κ2) is 2.84. The van der Waals surface area contributed by atoms with Gasteiger partial charge in [-0.1, -0.05) is 6.07 Å². The quantitative estimate of drug-likeness (QED) is 0.593. The number of benzene rings is 1. The van der Waals surface area contributed by atoms with E-state index in [-0.39, 0.29) is 0 Å². The Balaban J connectivity index is 2.89. The molecule has 66 valence electrons. The monoisotopic (exact) mass is 171 g/mol. The van der Waals surface area contributed by atoms with Crippen molar-refractivity contribution in [1.29, 1.82) is 0 Å². The first kappa shape index (κ1) is 8.24. The van der Waals surface area contributed by atoms with E-state index in [1.807, 2.05) is 12.4 Å². The average molecular weight is 171 g/mol. The van der Waals surface area contributed by atoms with E-state index in [9.17, 15) is 0 Å². The van der Waals surface area contributed by atoms with E-state index < -0.39 is 0 Å². The van der Waals surface area contributed by atoms with E-state index in [1.165, 1.54) is 27.5 Å². The van der Waals surface area contributed by atoms with Gasteiger partial charge in [0.1, 0.15) is 0 Å². The first-order chi connectivity index (χ1) is 6.18. The van der Waals surface area contributed by atoms with Crippen LogP contribution in [0.15, 0.2) is 24.5 Å². The Morgan fingerprint density at radius 1 is 0.846 bits per heavy atom. The third-order valence-electron chi connectivity index (χ3n) is 2.57. The molecule has 0 fully saturated rings. The number of rotatable bonds is 0. The van der Waals surface area contributed by atoms with Gasteiger partial charge in [0.25, 0.3) is 0 Å². The minimum atomic E-state index is 1.24. The number of aromatic nitrogens is 1. The maximum atomic E-state index is 4.18. The van der Waals surface area contributed by atoms with Crippen molar-refractivity contribution in [2.45, 2.75) is 20.8 Å². The lowest BCUT2D eigenvalue weighted by Crippen LogP contribution is -1.85. The third-order valence-corrected chi connectivity index (χ3v) is 2.57. The minimum Gasteiger partial charge on any atom is -0.264 e. The molecule has 0 spiro atoms. The summed E-state index contributed by atoms with van der Waals surface area (Å²) < 4.78 is 0. The van der Waals surface area contributed by atoms with E-state index in [0.29, 0.717) is 0 Å². The van der Waals surface area contributed by atoms with Crippen molar-refractivity contribution >= 4 is 10.8 Å². The van der Waals surface area contributed by atoms with E-state index >= 15 is 0 Å². The second-order valence-corrected chi connectivity index (χ2v) is 3.61. The van der Waals surface area contributed by atoms with Crippen LogP contribution in [0.2, 0.25) is 0 Å². The van der Waals surface area contributed by atoms with Crippen LogP contribution in [0.25, 0.3) is 10.8 Å². The molecule has 1 heterocycles. The molecule has 0 radical (unpaired) electrons. The molecule has 0 saturated heterocycles. The Morgan fingerprint density at radius 2 is 1.54 bits per heavy atom. The van der Waals surface area contributed by atoms with Crippen molar-refractivity contribution in [3.63, 3.8) is 0 Å². The van der Waals surface area contributed by atoms with Crippen molar-refractivity contribution < 1.29 is 0 Å². The van der Waals surface area contributed by atoms with E-state index in [0.717, 1.165) is 0 Å². The molecule has 0 N–H and O–H groups in total. The van der Waals surface area contributed by atoms with Crippen LogP contribution >= 0.6 is 0 Å². The van der Waals surface area contributed by atoms with Crippen molar-refractivity contribution in [3.8, 4) is 0 Å². The molecule has 0 amide bonds. The minimum absolute atomic E-state index is 1.24. The molecule has 1 nitrogen and oxygen atoms in total. The van der Waals surface area contributed by atoms with Crippen LogP contribution in [0.3, 0.4) is 0 Å². The van der Waals surface area contributed by atoms with Crippen LogP contribution in [0.1, 0.15) is 16.7 Å². The maximum Gasteiger partial charge on any atom is 0.0346 e. The van der Waals surface area contributed by atoms with Gasteiger partial charge in [0.15, 0.2) is 0 Å². The van der Waals surface area contributed by atoms with Crippen molar-refractivity contribution in [2.75, 3.05) is 0 Å². The molecule has 2 aromatic rings. The summed E-state index contributed by atoms with van der Waals surface area (Å²) in [6.07, 6.45) is 3.84. The summed E-state index contributed by atoms with van der Waals surface area (Å²) in [5, 5.41) is 2.56. The molecule has 0 bridgehead atoms. The van der Waals surface area contributed by atoms with E-state index in [2.05, 4.69) is 37.9 Å². The van der Waals surface area contributed by atoms with Gasteiger partial charge >= 0.3 is 0 Å². The van der Waals surface area contributed by atoms with Gasteiger partial charge in [-0.2, -0.15) is 0 Å². The molecule has 1 aromatic carbocycles. The molecule has 1 heteroatoms. The molecule has 2 rings (SSSR count). The van der Waals surface area contributed by atoms with Crippen LogP contribution in [-0.2, 0) is 0 Å². The zero-order valence-electron chi connectivity index (χ0n) is 8.26. The van der Waals surface area contributed by atoms with Crippen LogP contribution in [0, 0.1) is 20.8 Å². The van der Waals surface area contributed by atoms with Crippen molar-refractivity contribution in [2.24, 2.45) is 0 Å². The highest BCUT2D eigenvalue weighted by molar-refractivity contribution is 5.85. The fraction of sp³-hybridized carbons (Fsp3) is 0.250. The number of nitrogens with zero attached hydrogens (tertiary/aromatic N) is 1. The summed E-state index contributed by atoms with van der Waals surface area (Å²) in [5.74, 6) is 0. The average Bonchev–Trinajstić information content (AvgIpc) is 2.09. The fourth-order valence-electron chi connectivity index (χ4n) is 1.59. The lowest BCUT2D eigenvalue weighted by molar-refractivity contribution is 1.29. The molecule has 1 aromatic heterocycles. The Bertz CT molecular complexity index is 458. The first-order valence-corrected chi connectivity index (χ1v) is 4.50. The highest BCUT2D eigenvalue weighted by Gasteiger charge is 1.99. The largest absolute Gasteiger partial charge is 0.264 e. The summed E-state index contributed by atoms with van der Waals surface area (Å²) in [4.78, 5) is 4.18. The Labute approximate surface area is 78.4 Å². The number of fused-ring (bicyclic) bond motifs is 1. The van der Waals surface area contributed by atoms with E-state index in [1.54, 1.807) is 0 Å². The number of aryl methyl sites for hydroxylation is 3. The highest BCUT2D eigenvalue weighted by atomic mass is 14.6. The Morgan fingerprint density at radius 3 is 2.31 bits per heavy atom. The number of hydrogen-bond donors (Lipinski definition) is 0. The SMILES string of the molecule is Cc1cc2cncc(C)c2cc1C. The van der Waals surface area contributed by atoms with Crippen LogP contribution < -0.4 is 0 Å². The Hall–Kier alpha value is -1.37. The zero-order valence-corrected chi connectivity index (χ0v) is 8.26. The predicted molar refractivity (Wildman–Crippen MR) is 56.0 cm³/mol. The zero-order chi connectivity index (χ0) is 9.42. The molecule has 0 aliphatic heterocycles. The summed E-state index contributed by atoms with van der Waals surface area (Å²) >= 11 is 0. The van der Waals surface area contributed by atoms with Crippen molar-refractivity contribution in [1.82, 2.24) is 4.98 Å². The van der Waals surface area contributed by atoms with Gasteiger partial charge in [-0.05, 0) is 48.9 Å². The number of hydrogen-bond acceptors (Lipinski definition) is 1. The summed E-state index contributed by atoms with van der Waals surface area (Å²) in [6.45, 7) is 6.38. The fourth-order valence-corrected chi connectivity index (χ4v) is 1.59. The van der Waals surface area contributed by atoms with E-state index in [4.69, 9.17) is 0 Å². The first-order valence-electron chi connectivity index (χ1n) is 4.50. The lowest BCUT2D eigenvalue weighted by Gasteiger charge is -2.05. The molecule has 13 heavy (non-hydrogen) atoms. The highest BCUT2D eigenvalue weighted by Crippen LogP contribution is 2.20. The van der Waals surface area contributed by atoms with Crippen molar-refractivity contribution in [3.05, 3.63) is 41.2 Å². The van der Waals surface area contributed by atoms with Crippen LogP contribution in [0.5, 0.6) is 0 Å². The summed E-state index contributed by atoms with van der Waals surface area (Å²) in [7, 11) is 0. The van der Waals surface area contributed by atoms with Crippen LogP contribution in [0.4, 0.5) is 0 Å². The molecule has 0 unspecified atom stereocenters. The molecular weight excluding hydrogens is 158 g/mol. The number of pyridine rings is 1. The standard InChI is InChI=1S/C12H13N/c1-8-4-11-7-13-6-10(3)12(11)5-9(8)2/h4-7H,1-3H3. The topological polar surface area (TPSA) is 12.9 Å². The molecule has 0 aliphatic rings. The van der Waals surface area contributed by atoms with Gasteiger partial charge in [0, 0.05) is 17.8 Å². The van der Waals surface area contributed by atoms with Gasteiger partial charge in [-0.15, -0.1) is 0 Å². The second-order valence-electron chi connectivity index (χ2n) is 3.61. The maximum absolute atomic E-state index is 4.18. The molecular formula is C12H13N. The summed E-state index contributed by atoms with van der Waals surface area (Å²) in [5.41, 5.74) is 3.93. The van der Waals surface area contributed by atoms with Gasteiger partial charge in [-0.3, -0.25) is 4.98 Å². The van der Waals surface area contributed by atoms with Gasteiger partial charge in [0.05, 0.1) is 0 Å². The third kappa shape index (κ3) is 1.31. The summed E-state index contributed by atoms with van der Waals surface area (Å²) in [6, 6.07) is 4.44. The van der Waals surface area contributed by atoms with Crippen LogP contribution in [-0.4, -0.2) is 4.98 Å². The normalized spacial score (nSPS) is 10.7. The predicted octanol–water partition coefficient (Wildman–Crippen LogP) is 3.16. The van der Waals surface area contributed by atoms with Gasteiger partial charge in [0.2, 0.25) is 0 Å². The molecule has 0 aliphatic carbocycles. The van der Waals surface area contributed by atoms with Gasteiger partial charge in [-0.25, -0.2) is 0 Å².